The Labute approximate surface area is 185 Å². The Hall–Kier alpha value is -3.50. The van der Waals surface area contributed by atoms with Gasteiger partial charge in [0.2, 0.25) is 11.9 Å². The van der Waals surface area contributed by atoms with E-state index in [1.165, 1.54) is 12.3 Å². The van der Waals surface area contributed by atoms with Gasteiger partial charge in [-0.2, -0.15) is 4.39 Å². The van der Waals surface area contributed by atoms with Crippen LogP contribution in [-0.2, 0) is 9.53 Å². The van der Waals surface area contributed by atoms with Crippen molar-refractivity contribution in [3.05, 3.63) is 42.2 Å². The van der Waals surface area contributed by atoms with E-state index in [4.69, 9.17) is 15.2 Å². The average Bonchev–Trinajstić information content (AvgIpc) is 3.22. The Morgan fingerprint density at radius 3 is 2.47 bits per heavy atom. The summed E-state index contributed by atoms with van der Waals surface area (Å²) < 4.78 is 26.9. The van der Waals surface area contributed by atoms with Gasteiger partial charge in [0.1, 0.15) is 18.5 Å². The van der Waals surface area contributed by atoms with Crippen LogP contribution in [0.1, 0.15) is 56.8 Å². The molecular weight excluding hydrogens is 423 g/mol. The largest absolute Gasteiger partial charge is 0.468 e. The number of hydrogen-bond acceptors (Lipinski definition) is 8. The number of hydrogen-bond donors (Lipinski definition) is 2. The molecule has 0 fully saturated rings. The van der Waals surface area contributed by atoms with Crippen molar-refractivity contribution >= 4 is 17.8 Å². The van der Waals surface area contributed by atoms with E-state index in [0.717, 1.165) is 31.5 Å². The van der Waals surface area contributed by atoms with Gasteiger partial charge in [0.05, 0.1) is 5.56 Å². The molecule has 0 bridgehead atoms. The van der Waals surface area contributed by atoms with Gasteiger partial charge in [-0.05, 0) is 50.9 Å². The predicted molar refractivity (Wildman–Crippen MR) is 112 cm³/mol. The van der Waals surface area contributed by atoms with E-state index < -0.39 is 23.5 Å². The number of aromatic nitrogens is 2. The number of primary amides is 1. The summed E-state index contributed by atoms with van der Waals surface area (Å²) in [5, 5.41) is 6.23. The number of pyridine rings is 1. The van der Waals surface area contributed by atoms with Crippen LogP contribution in [0.4, 0.5) is 9.18 Å². The van der Waals surface area contributed by atoms with Crippen LogP contribution >= 0.6 is 0 Å². The first-order chi connectivity index (χ1) is 15.1. The fourth-order valence-electron chi connectivity index (χ4n) is 2.15. The second-order valence-electron chi connectivity index (χ2n) is 7.64. The lowest BCUT2D eigenvalue weighted by Crippen LogP contribution is -2.33. The van der Waals surface area contributed by atoms with Crippen LogP contribution in [0.3, 0.4) is 0 Å². The van der Waals surface area contributed by atoms with E-state index in [9.17, 15) is 18.8 Å². The molecule has 2 aromatic heterocycles. The van der Waals surface area contributed by atoms with Crippen LogP contribution in [-0.4, -0.2) is 46.7 Å². The van der Waals surface area contributed by atoms with Gasteiger partial charge in [-0.15, -0.1) is 0 Å². The van der Waals surface area contributed by atoms with Crippen molar-refractivity contribution in [3.63, 3.8) is 0 Å². The second-order valence-corrected chi connectivity index (χ2v) is 7.64. The summed E-state index contributed by atoms with van der Waals surface area (Å²) in [6, 6.07) is 3.92. The third kappa shape index (κ3) is 12.9. The zero-order valence-corrected chi connectivity index (χ0v) is 18.4. The molecule has 2 aromatic rings. The van der Waals surface area contributed by atoms with Crippen LogP contribution in [0.2, 0.25) is 0 Å². The number of amides is 2. The van der Waals surface area contributed by atoms with E-state index in [1.54, 1.807) is 6.07 Å². The number of nitrogens with zero attached hydrogens (tertiary/aromatic N) is 2. The Kier molecular flexibility index (Phi) is 11.4. The normalized spacial score (nSPS) is 10.5. The molecule has 0 aliphatic heterocycles. The SMILES string of the molecule is CC(C)(C)OC(=O)NCCCCCC(=O)COc1ccon1.NC(=O)c1ccc(F)nc1. The molecule has 0 spiro atoms. The summed E-state index contributed by atoms with van der Waals surface area (Å²) in [7, 11) is 0. The summed E-state index contributed by atoms with van der Waals surface area (Å²) in [4.78, 5) is 36.5. The zero-order chi connectivity index (χ0) is 24.0. The van der Waals surface area contributed by atoms with Crippen LogP contribution in [0.25, 0.3) is 0 Å². The summed E-state index contributed by atoms with van der Waals surface area (Å²) in [6.45, 7) is 6.00. The quantitative estimate of drug-likeness (QED) is 0.413. The molecule has 3 N–H and O–H groups in total. The number of alkyl carbamates (subject to hydrolysis) is 1. The van der Waals surface area contributed by atoms with E-state index in [1.807, 2.05) is 20.8 Å². The fourth-order valence-corrected chi connectivity index (χ4v) is 2.15. The van der Waals surface area contributed by atoms with Crippen LogP contribution in [0.5, 0.6) is 5.88 Å². The number of ketones is 1. The standard InChI is InChI=1S/C15H24N2O5.C6H5FN2O/c1-15(2,3)22-14(19)16-9-6-4-5-7-12(18)11-20-13-8-10-21-17-13;7-5-2-1-4(3-9-5)6(8)10/h8,10H,4-7,9,11H2,1-3H3,(H,16,19);1-3H,(H2,8,10). The molecule has 10 nitrogen and oxygen atoms in total. The topological polar surface area (TPSA) is 147 Å². The first-order valence-corrected chi connectivity index (χ1v) is 10.00. The van der Waals surface area contributed by atoms with Crippen molar-refractivity contribution in [1.29, 1.82) is 0 Å². The highest BCUT2D eigenvalue weighted by Crippen LogP contribution is 2.07. The Balaban J connectivity index is 0.000000425. The van der Waals surface area contributed by atoms with Gasteiger partial charge in [-0.25, -0.2) is 9.78 Å². The van der Waals surface area contributed by atoms with Crippen LogP contribution in [0.15, 0.2) is 35.2 Å². The van der Waals surface area contributed by atoms with Gasteiger partial charge < -0.3 is 25.0 Å². The molecule has 0 radical (unpaired) electrons. The van der Waals surface area contributed by atoms with E-state index >= 15 is 0 Å². The van der Waals surface area contributed by atoms with Gasteiger partial charge in [0.15, 0.2) is 5.78 Å². The van der Waals surface area contributed by atoms with Gasteiger partial charge in [-0.3, -0.25) is 9.59 Å². The van der Waals surface area contributed by atoms with Crippen molar-refractivity contribution in [1.82, 2.24) is 15.5 Å². The zero-order valence-electron chi connectivity index (χ0n) is 18.4. The van der Waals surface area contributed by atoms with E-state index in [2.05, 4.69) is 20.0 Å². The monoisotopic (exact) mass is 452 g/mol. The molecule has 0 atom stereocenters. The minimum Gasteiger partial charge on any atom is -0.468 e. The molecule has 2 amide bonds. The summed E-state index contributed by atoms with van der Waals surface area (Å²) in [6.07, 6.45) is 4.93. The molecule has 0 saturated carbocycles. The number of carbonyl (C=O) groups is 3. The highest BCUT2D eigenvalue weighted by atomic mass is 19.1. The third-order valence-electron chi connectivity index (χ3n) is 3.61. The van der Waals surface area contributed by atoms with E-state index in [-0.39, 0.29) is 18.0 Å². The van der Waals surface area contributed by atoms with Gasteiger partial charge in [-0.1, -0.05) is 6.42 Å². The fraction of sp³-hybridized carbons (Fsp3) is 0.476. The summed E-state index contributed by atoms with van der Waals surface area (Å²) in [5.74, 6) is -0.893. The van der Waals surface area contributed by atoms with E-state index in [0.29, 0.717) is 18.8 Å². The number of Topliss-reactive ketones (excluding diaryl/α,β-unsaturated/α-hetero) is 1. The molecule has 0 aromatic carbocycles. The lowest BCUT2D eigenvalue weighted by Gasteiger charge is -2.19. The van der Waals surface area contributed by atoms with Crippen molar-refractivity contribution in [2.75, 3.05) is 13.2 Å². The lowest BCUT2D eigenvalue weighted by molar-refractivity contribution is -0.121. The minimum absolute atomic E-state index is 0.00267. The summed E-state index contributed by atoms with van der Waals surface area (Å²) >= 11 is 0. The number of halogens is 1. The van der Waals surface area contributed by atoms with Gasteiger partial charge in [0, 0.05) is 25.2 Å². The van der Waals surface area contributed by atoms with Crippen molar-refractivity contribution < 1.29 is 32.8 Å². The molecule has 0 aliphatic rings. The van der Waals surface area contributed by atoms with Gasteiger partial charge in [0.25, 0.3) is 5.88 Å². The van der Waals surface area contributed by atoms with Crippen LogP contribution < -0.4 is 15.8 Å². The molecule has 176 valence electrons. The average molecular weight is 452 g/mol. The molecule has 0 saturated heterocycles. The number of nitrogens with two attached hydrogens (primary N) is 1. The first kappa shape index (κ1) is 26.5. The molecule has 2 heterocycles. The summed E-state index contributed by atoms with van der Waals surface area (Å²) in [5.41, 5.74) is 4.59. The molecule has 32 heavy (non-hydrogen) atoms. The Morgan fingerprint density at radius 1 is 1.16 bits per heavy atom. The number of rotatable bonds is 10. The van der Waals surface area contributed by atoms with Crippen molar-refractivity contribution in [2.45, 2.75) is 52.1 Å². The lowest BCUT2D eigenvalue weighted by atomic mass is 10.1. The maximum atomic E-state index is 12.1. The molecule has 2 rings (SSSR count). The minimum atomic E-state index is -0.620. The van der Waals surface area contributed by atoms with Crippen LogP contribution in [0, 0.1) is 5.95 Å². The highest BCUT2D eigenvalue weighted by Gasteiger charge is 2.15. The smallest absolute Gasteiger partial charge is 0.407 e. The van der Waals surface area contributed by atoms with Gasteiger partial charge >= 0.3 is 6.09 Å². The third-order valence-corrected chi connectivity index (χ3v) is 3.61. The Bertz CT molecular complexity index is 835. The Morgan fingerprint density at radius 2 is 1.91 bits per heavy atom. The number of ether oxygens (including phenoxy) is 2. The molecule has 0 aliphatic carbocycles. The second kappa shape index (κ2) is 13.7. The number of carbonyl (C=O) groups excluding carboxylic acids is 3. The highest BCUT2D eigenvalue weighted by molar-refractivity contribution is 5.92. The number of unbranched alkanes of at least 4 members (excludes halogenated alkanes) is 2. The molecule has 11 heteroatoms. The maximum absolute atomic E-state index is 12.1. The van der Waals surface area contributed by atoms with Crippen molar-refractivity contribution in [3.8, 4) is 5.88 Å². The molecule has 0 unspecified atom stereocenters. The number of nitrogens with one attached hydrogen (secondary N) is 1. The molecular formula is C21H29FN4O6. The first-order valence-electron chi connectivity index (χ1n) is 10.00. The predicted octanol–water partition coefficient (Wildman–Crippen LogP) is 3.03. The van der Waals surface area contributed by atoms with Crippen molar-refractivity contribution in [2.24, 2.45) is 5.73 Å². The maximum Gasteiger partial charge on any atom is 0.407 e.